The Balaban J connectivity index is 0. The van der Waals surface area contributed by atoms with Crippen LogP contribution in [0.1, 0.15) is 34.1 Å². The van der Waals surface area contributed by atoms with Crippen molar-refractivity contribution in [3.05, 3.63) is 42.5 Å². The topological polar surface area (TPSA) is 26.0 Å². The van der Waals surface area contributed by atoms with E-state index in [0.717, 1.165) is 12.1 Å². The van der Waals surface area contributed by atoms with Gasteiger partial charge in [0.05, 0.1) is 0 Å². The van der Waals surface area contributed by atoms with Gasteiger partial charge in [0.1, 0.15) is 0 Å². The Morgan fingerprint density at radius 1 is 1.14 bits per heavy atom. The first-order chi connectivity index (χ1) is 6.81. The number of nitrogens with two attached hydrogens (primary N) is 1. The van der Waals surface area contributed by atoms with Gasteiger partial charge in [0.15, 0.2) is 0 Å². The lowest BCUT2D eigenvalue weighted by Gasteiger charge is -1.83. The van der Waals surface area contributed by atoms with Crippen molar-refractivity contribution in [3.8, 4) is 0 Å². The molecule has 0 spiro atoms. The van der Waals surface area contributed by atoms with Crippen molar-refractivity contribution in [3.63, 3.8) is 0 Å². The van der Waals surface area contributed by atoms with Crippen LogP contribution in [0.2, 0.25) is 0 Å². The molecular formula is C13H23N. The number of hydrogen-bond acceptors (Lipinski definition) is 1. The molecule has 1 nitrogen and oxygen atoms in total. The largest absolute Gasteiger partial charge is 0.399 e. The molecule has 0 unspecified atom stereocenters. The fraction of sp³-hybridized carbons (Fsp3) is 0.385. The van der Waals surface area contributed by atoms with Crippen molar-refractivity contribution in [2.24, 2.45) is 0 Å². The summed E-state index contributed by atoms with van der Waals surface area (Å²) < 4.78 is 0. The summed E-state index contributed by atoms with van der Waals surface area (Å²) in [4.78, 5) is 0. The Morgan fingerprint density at radius 2 is 1.64 bits per heavy atom. The Morgan fingerprint density at radius 3 is 1.79 bits per heavy atom. The average molecular weight is 193 g/mol. The number of rotatable bonds is 1. The molecule has 0 atom stereocenters. The molecule has 0 heterocycles. The molecule has 0 fully saturated rings. The number of hydrogen-bond donors (Lipinski definition) is 1. The molecule has 0 amide bonds. The van der Waals surface area contributed by atoms with Gasteiger partial charge in [-0.1, -0.05) is 51.1 Å². The first-order valence-electron chi connectivity index (χ1n) is 5.23. The normalized spacial score (nSPS) is 8.29. The third-order valence-corrected chi connectivity index (χ3v) is 1.27. The summed E-state index contributed by atoms with van der Waals surface area (Å²) in [6.07, 6.45) is 5.34. The molecule has 14 heavy (non-hydrogen) atoms. The van der Waals surface area contributed by atoms with Crippen molar-refractivity contribution < 1.29 is 0 Å². The molecule has 0 aliphatic heterocycles. The van der Waals surface area contributed by atoms with Crippen LogP contribution in [-0.4, -0.2) is 0 Å². The van der Waals surface area contributed by atoms with E-state index >= 15 is 0 Å². The summed E-state index contributed by atoms with van der Waals surface area (Å²) in [5, 5.41) is 0. The summed E-state index contributed by atoms with van der Waals surface area (Å²) in [5.74, 6) is 0. The monoisotopic (exact) mass is 193 g/mol. The van der Waals surface area contributed by atoms with Gasteiger partial charge in [-0.2, -0.15) is 0 Å². The van der Waals surface area contributed by atoms with Gasteiger partial charge in [-0.3, -0.25) is 0 Å². The molecule has 0 saturated heterocycles. The van der Waals surface area contributed by atoms with Crippen LogP contribution in [0.15, 0.2) is 42.5 Å². The summed E-state index contributed by atoms with van der Waals surface area (Å²) in [5.41, 5.74) is 6.18. The maximum Gasteiger partial charge on any atom is 0.0313 e. The lowest BCUT2D eigenvalue weighted by Crippen LogP contribution is -1.79. The number of anilines is 1. The third-order valence-electron chi connectivity index (χ3n) is 1.27. The number of para-hydroxylation sites is 1. The van der Waals surface area contributed by atoms with Crippen LogP contribution in [0.5, 0.6) is 0 Å². The van der Waals surface area contributed by atoms with Gasteiger partial charge in [0, 0.05) is 5.69 Å². The van der Waals surface area contributed by atoms with Crippen molar-refractivity contribution in [1.82, 2.24) is 0 Å². The van der Waals surface area contributed by atoms with Crippen LogP contribution in [0.4, 0.5) is 5.69 Å². The first kappa shape index (κ1) is 15.2. The SMILES string of the molecule is C/C=C/CC.CC.Nc1ccccc1. The maximum absolute atomic E-state index is 5.36. The van der Waals surface area contributed by atoms with Gasteiger partial charge in [-0.05, 0) is 25.5 Å². The van der Waals surface area contributed by atoms with E-state index in [1.807, 2.05) is 51.1 Å². The zero-order chi connectivity index (χ0) is 11.2. The van der Waals surface area contributed by atoms with Crippen LogP contribution >= 0.6 is 0 Å². The Kier molecular flexibility index (Phi) is 15.6. The predicted octanol–water partition coefficient (Wildman–Crippen LogP) is 4.27. The smallest absolute Gasteiger partial charge is 0.0313 e. The molecule has 0 bridgehead atoms. The lowest BCUT2D eigenvalue weighted by atomic mass is 10.3. The van der Waals surface area contributed by atoms with Gasteiger partial charge >= 0.3 is 0 Å². The van der Waals surface area contributed by atoms with Crippen LogP contribution in [0.3, 0.4) is 0 Å². The Labute approximate surface area is 88.6 Å². The van der Waals surface area contributed by atoms with Crippen LogP contribution in [-0.2, 0) is 0 Å². The molecule has 1 rings (SSSR count). The molecule has 1 heteroatoms. The highest BCUT2D eigenvalue weighted by Crippen LogP contribution is 1.95. The maximum atomic E-state index is 5.36. The third kappa shape index (κ3) is 13.4. The molecule has 1 aromatic carbocycles. The molecule has 2 N–H and O–H groups in total. The van der Waals surface area contributed by atoms with E-state index in [-0.39, 0.29) is 0 Å². The van der Waals surface area contributed by atoms with E-state index in [2.05, 4.69) is 19.1 Å². The number of nitrogen functional groups attached to an aromatic ring is 1. The highest BCUT2D eigenvalue weighted by atomic mass is 14.5. The highest BCUT2D eigenvalue weighted by molar-refractivity contribution is 5.35. The van der Waals surface area contributed by atoms with Gasteiger partial charge in [-0.25, -0.2) is 0 Å². The minimum absolute atomic E-state index is 0.822. The second-order valence-corrected chi connectivity index (χ2v) is 2.39. The van der Waals surface area contributed by atoms with Crippen molar-refractivity contribution in [2.45, 2.75) is 34.1 Å². The molecule has 0 aliphatic carbocycles. The summed E-state index contributed by atoms with van der Waals surface area (Å²) in [6, 6.07) is 9.49. The molecular weight excluding hydrogens is 170 g/mol. The Hall–Kier alpha value is -1.24. The minimum atomic E-state index is 0.822. The van der Waals surface area contributed by atoms with Gasteiger partial charge in [0.25, 0.3) is 0 Å². The first-order valence-corrected chi connectivity index (χ1v) is 5.23. The van der Waals surface area contributed by atoms with Crippen LogP contribution in [0.25, 0.3) is 0 Å². The fourth-order valence-corrected chi connectivity index (χ4v) is 0.689. The zero-order valence-electron chi connectivity index (χ0n) is 9.83. The minimum Gasteiger partial charge on any atom is -0.399 e. The zero-order valence-corrected chi connectivity index (χ0v) is 9.83. The average Bonchev–Trinajstić information content (AvgIpc) is 2.24. The summed E-state index contributed by atoms with van der Waals surface area (Å²) in [6.45, 7) is 8.16. The summed E-state index contributed by atoms with van der Waals surface area (Å²) >= 11 is 0. The molecule has 0 radical (unpaired) electrons. The fourth-order valence-electron chi connectivity index (χ4n) is 0.689. The number of benzene rings is 1. The van der Waals surface area contributed by atoms with E-state index in [4.69, 9.17) is 5.73 Å². The lowest BCUT2D eigenvalue weighted by molar-refractivity contribution is 1.22. The predicted molar refractivity (Wildman–Crippen MR) is 67.3 cm³/mol. The van der Waals surface area contributed by atoms with Crippen molar-refractivity contribution in [2.75, 3.05) is 5.73 Å². The van der Waals surface area contributed by atoms with Gasteiger partial charge in [0.2, 0.25) is 0 Å². The quantitative estimate of drug-likeness (QED) is 0.523. The summed E-state index contributed by atoms with van der Waals surface area (Å²) in [7, 11) is 0. The Bertz CT molecular complexity index is 202. The molecule has 1 aromatic rings. The van der Waals surface area contributed by atoms with E-state index in [9.17, 15) is 0 Å². The van der Waals surface area contributed by atoms with Crippen molar-refractivity contribution >= 4 is 5.69 Å². The van der Waals surface area contributed by atoms with Crippen LogP contribution < -0.4 is 5.73 Å². The van der Waals surface area contributed by atoms with Gasteiger partial charge < -0.3 is 5.73 Å². The van der Waals surface area contributed by atoms with Gasteiger partial charge in [-0.15, -0.1) is 0 Å². The molecule has 0 aliphatic rings. The van der Waals surface area contributed by atoms with E-state index in [0.29, 0.717) is 0 Å². The molecule has 0 saturated carbocycles. The standard InChI is InChI=1S/C6H7N.C5H10.C2H6/c7-6-4-2-1-3-5-6;1-3-5-4-2;1-2/h1-5H,7H2;3,5H,4H2,1-2H3;1-2H3/b;5-3+;. The second-order valence-electron chi connectivity index (χ2n) is 2.39. The van der Waals surface area contributed by atoms with E-state index in [1.165, 1.54) is 0 Å². The highest BCUT2D eigenvalue weighted by Gasteiger charge is 1.72. The molecule has 80 valence electrons. The van der Waals surface area contributed by atoms with E-state index < -0.39 is 0 Å². The van der Waals surface area contributed by atoms with E-state index in [1.54, 1.807) is 0 Å². The number of allylic oxidation sites excluding steroid dienone is 2. The van der Waals surface area contributed by atoms with Crippen LogP contribution in [0, 0.1) is 0 Å². The second kappa shape index (κ2) is 14.3. The van der Waals surface area contributed by atoms with Crippen molar-refractivity contribution in [1.29, 1.82) is 0 Å². The molecule has 0 aromatic heterocycles.